The molecule has 0 N–H and O–H groups in total. The van der Waals surface area contributed by atoms with Crippen LogP contribution in [0, 0.1) is 0 Å². The second kappa shape index (κ2) is 20.1. The molecule has 0 radical (unpaired) electrons. The van der Waals surface area contributed by atoms with Crippen molar-refractivity contribution >= 4 is 14.5 Å². The number of rotatable bonds is 23. The Morgan fingerprint density at radius 3 is 0.974 bits per heavy atom. The van der Waals surface area contributed by atoms with E-state index in [2.05, 4.69) is 88.4 Å². The second-order valence-electron chi connectivity index (χ2n) is 10.6. The Morgan fingerprint density at radius 1 is 0.421 bits per heavy atom. The van der Waals surface area contributed by atoms with E-state index in [4.69, 9.17) is 18.9 Å². The molecule has 0 atom stereocenters. The van der Waals surface area contributed by atoms with E-state index >= 15 is 0 Å². The van der Waals surface area contributed by atoms with Crippen LogP contribution in [0.1, 0.15) is 38.8 Å². The van der Waals surface area contributed by atoms with Crippen molar-refractivity contribution in [2.45, 2.75) is 40.0 Å². The molecule has 0 aliphatic carbocycles. The van der Waals surface area contributed by atoms with Gasteiger partial charge in [-0.3, -0.25) is 0 Å². The maximum atomic E-state index is 5.98. The molecule has 0 fully saturated rings. The van der Waals surface area contributed by atoms with Crippen LogP contribution in [0.4, 0.5) is 0 Å². The summed E-state index contributed by atoms with van der Waals surface area (Å²) in [5.41, 5.74) is 2.96. The minimum atomic E-state index is -1.73. The van der Waals surface area contributed by atoms with Gasteiger partial charge in [-0.2, -0.15) is 0 Å². The van der Waals surface area contributed by atoms with Gasteiger partial charge in [0.1, 0.15) is 0 Å². The molecule has 0 unspecified atom stereocenters. The van der Waals surface area contributed by atoms with Crippen molar-refractivity contribution in [1.29, 1.82) is 0 Å². The molecule has 0 aromatic heterocycles. The molecule has 4 nitrogen and oxygen atoms in total. The maximum absolute atomic E-state index is 5.98. The molecular formula is C32H56O4P2. The Balaban J connectivity index is 2.38. The van der Waals surface area contributed by atoms with E-state index in [-0.39, 0.29) is 0 Å². The summed E-state index contributed by atoms with van der Waals surface area (Å²) in [4.78, 5) is 0. The van der Waals surface area contributed by atoms with Gasteiger partial charge in [-0.15, -0.1) is 0 Å². The average molecular weight is 567 g/mol. The van der Waals surface area contributed by atoms with Gasteiger partial charge in [0.25, 0.3) is 0 Å². The molecule has 218 valence electrons. The monoisotopic (exact) mass is 566 g/mol. The first kappa shape index (κ1) is 33.3. The standard InChI is InChI=1S/C32H56O4P2/c1-5-33-19-23-37(24-20-34-6-2,29-31-15-11-9-12-16-31)27-28-38(25-21-35-7-3,26-22-36-8-4)30-32-17-13-10-14-18-32/h9-18,37-38H,5-8,19-30H2,1-4H3. The summed E-state index contributed by atoms with van der Waals surface area (Å²) < 4.78 is 23.9. The first-order valence-electron chi connectivity index (χ1n) is 15.0. The van der Waals surface area contributed by atoms with Crippen molar-refractivity contribution < 1.29 is 18.9 Å². The molecule has 0 aliphatic heterocycles. The molecule has 0 amide bonds. The fourth-order valence-corrected chi connectivity index (χ4v) is 16.9. The minimum absolute atomic E-state index is 0.788. The molecule has 2 rings (SSSR count). The summed E-state index contributed by atoms with van der Waals surface area (Å²) >= 11 is 0. The van der Waals surface area contributed by atoms with Crippen LogP contribution in [0.3, 0.4) is 0 Å². The zero-order chi connectivity index (χ0) is 27.4. The molecule has 38 heavy (non-hydrogen) atoms. The predicted octanol–water partition coefficient (Wildman–Crippen LogP) is 7.03. The molecule has 0 heterocycles. The number of ether oxygens (including phenoxy) is 4. The SMILES string of the molecule is CCOCC[PH](CCOCC)(CC[PH](CCOCC)(CCOCC)Cc1ccccc1)Cc1ccccc1. The van der Waals surface area contributed by atoms with Crippen molar-refractivity contribution in [3.8, 4) is 0 Å². The van der Waals surface area contributed by atoms with Crippen LogP contribution in [-0.4, -0.2) is 89.8 Å². The summed E-state index contributed by atoms with van der Waals surface area (Å²) in [6.07, 6.45) is 9.90. The molecule has 0 bridgehead atoms. The Kier molecular flexibility index (Phi) is 17.6. The third-order valence-electron chi connectivity index (χ3n) is 7.95. The fourth-order valence-electron chi connectivity index (χ4n) is 5.60. The van der Waals surface area contributed by atoms with Crippen molar-refractivity contribution in [2.24, 2.45) is 0 Å². The van der Waals surface area contributed by atoms with Gasteiger partial charge in [-0.05, 0) is 0 Å². The van der Waals surface area contributed by atoms with E-state index in [0.29, 0.717) is 0 Å². The van der Waals surface area contributed by atoms with Crippen LogP contribution < -0.4 is 0 Å². The fraction of sp³-hybridized carbons (Fsp3) is 0.625. The Hall–Kier alpha value is -0.860. The number of hydrogen-bond donors (Lipinski definition) is 0. The summed E-state index contributed by atoms with van der Waals surface area (Å²) in [6.45, 7) is 15.1. The van der Waals surface area contributed by atoms with Crippen LogP contribution in [0.15, 0.2) is 60.7 Å². The quantitative estimate of drug-likeness (QED) is 0.107. The van der Waals surface area contributed by atoms with Crippen molar-refractivity contribution in [1.82, 2.24) is 0 Å². The van der Waals surface area contributed by atoms with E-state index in [9.17, 15) is 0 Å². The van der Waals surface area contributed by atoms with Gasteiger partial charge in [-0.25, -0.2) is 0 Å². The molecule has 0 saturated carbocycles. The zero-order valence-electron chi connectivity index (χ0n) is 24.7. The predicted molar refractivity (Wildman–Crippen MR) is 172 cm³/mol. The molecule has 0 spiro atoms. The van der Waals surface area contributed by atoms with Gasteiger partial charge in [0.2, 0.25) is 0 Å². The first-order chi connectivity index (χ1) is 18.6. The molecule has 6 heteroatoms. The second-order valence-corrected chi connectivity index (χ2v) is 20.3. The van der Waals surface area contributed by atoms with E-state index in [1.165, 1.54) is 60.4 Å². The number of hydrogen-bond acceptors (Lipinski definition) is 4. The Labute approximate surface area is 234 Å². The summed E-state index contributed by atoms with van der Waals surface area (Å²) in [6, 6.07) is 22.3. The molecular weight excluding hydrogens is 510 g/mol. The summed E-state index contributed by atoms with van der Waals surface area (Å²) in [5, 5.41) is 0. The normalized spacial score (nSPS) is 13.1. The van der Waals surface area contributed by atoms with Crippen molar-refractivity contribution in [3.05, 3.63) is 71.8 Å². The van der Waals surface area contributed by atoms with Crippen LogP contribution in [0.25, 0.3) is 0 Å². The topological polar surface area (TPSA) is 36.9 Å². The van der Waals surface area contributed by atoms with Gasteiger partial charge in [-0.1, -0.05) is 0 Å². The van der Waals surface area contributed by atoms with E-state index in [1.54, 1.807) is 0 Å². The van der Waals surface area contributed by atoms with E-state index in [0.717, 1.165) is 52.9 Å². The third-order valence-corrected chi connectivity index (χ3v) is 18.4. The number of benzene rings is 2. The van der Waals surface area contributed by atoms with Gasteiger partial charge in [0.15, 0.2) is 0 Å². The molecule has 0 aliphatic rings. The zero-order valence-corrected chi connectivity index (χ0v) is 26.7. The van der Waals surface area contributed by atoms with Crippen LogP contribution in [0.5, 0.6) is 0 Å². The van der Waals surface area contributed by atoms with E-state index in [1.807, 2.05) is 0 Å². The van der Waals surface area contributed by atoms with Gasteiger partial charge < -0.3 is 0 Å². The summed E-state index contributed by atoms with van der Waals surface area (Å²) in [7, 11) is -3.46. The third kappa shape index (κ3) is 13.0. The van der Waals surface area contributed by atoms with Crippen molar-refractivity contribution in [3.63, 3.8) is 0 Å². The average Bonchev–Trinajstić information content (AvgIpc) is 2.94. The first-order valence-corrected chi connectivity index (χ1v) is 20.7. The molecule has 0 saturated heterocycles. The Bertz CT molecular complexity index is 729. The van der Waals surface area contributed by atoms with Crippen molar-refractivity contribution in [2.75, 3.05) is 89.8 Å². The molecule has 2 aromatic rings. The van der Waals surface area contributed by atoms with E-state index < -0.39 is 14.5 Å². The van der Waals surface area contributed by atoms with Gasteiger partial charge >= 0.3 is 235 Å². The van der Waals surface area contributed by atoms with Gasteiger partial charge in [0.05, 0.1) is 0 Å². The Morgan fingerprint density at radius 2 is 0.711 bits per heavy atom. The summed E-state index contributed by atoms with van der Waals surface area (Å²) in [5.74, 6) is 0. The van der Waals surface area contributed by atoms with Crippen LogP contribution in [0.2, 0.25) is 0 Å². The van der Waals surface area contributed by atoms with Gasteiger partial charge in [0, 0.05) is 0 Å². The van der Waals surface area contributed by atoms with Crippen LogP contribution in [-0.2, 0) is 31.3 Å². The molecule has 2 aromatic carbocycles. The van der Waals surface area contributed by atoms with Crippen LogP contribution >= 0.6 is 14.5 Å².